The third-order valence-corrected chi connectivity index (χ3v) is 5.16. The average Bonchev–Trinajstić information content (AvgIpc) is 2.72. The summed E-state index contributed by atoms with van der Waals surface area (Å²) in [5, 5.41) is 14.2. The smallest absolute Gasteiger partial charge is 0.338 e. The van der Waals surface area contributed by atoms with Gasteiger partial charge in [-0.15, -0.1) is 12.3 Å². The van der Waals surface area contributed by atoms with Crippen LogP contribution in [0, 0.1) is 22.5 Å². The molecule has 7 nitrogen and oxygen atoms in total. The van der Waals surface area contributed by atoms with Gasteiger partial charge in [0.2, 0.25) is 0 Å². The number of nitrogens with zero attached hydrogens (tertiary/aromatic N) is 3. The number of nitro groups is 1. The summed E-state index contributed by atoms with van der Waals surface area (Å²) in [7, 11) is 1.46. The number of anilines is 1. The highest BCUT2D eigenvalue weighted by Crippen LogP contribution is 2.38. The molecule has 31 heavy (non-hydrogen) atoms. The van der Waals surface area contributed by atoms with Crippen LogP contribution in [0.25, 0.3) is 0 Å². The molecule has 0 aliphatic rings. The predicted octanol–water partition coefficient (Wildman–Crippen LogP) is 5.11. The predicted molar refractivity (Wildman–Crippen MR) is 111 cm³/mol. The van der Waals surface area contributed by atoms with Crippen LogP contribution < -0.4 is 10.2 Å². The number of nitrogens with one attached hydrogen (secondary N) is 1. The van der Waals surface area contributed by atoms with Gasteiger partial charge >= 0.3 is 12.2 Å². The maximum Gasteiger partial charge on any atom is 0.433 e. The van der Waals surface area contributed by atoms with Crippen LogP contribution in [0.15, 0.2) is 46.3 Å². The van der Waals surface area contributed by atoms with Crippen molar-refractivity contribution in [2.24, 2.45) is 0 Å². The molecule has 0 atom stereocenters. The number of unbranched alkanes of at least 4 members (excludes halogenated alkanes) is 2. The fourth-order valence-electron chi connectivity index (χ4n) is 2.48. The first kappa shape index (κ1) is 24.0. The van der Waals surface area contributed by atoms with E-state index in [4.69, 9.17) is 6.42 Å². The van der Waals surface area contributed by atoms with Gasteiger partial charge in [0.1, 0.15) is 5.69 Å². The van der Waals surface area contributed by atoms with Crippen molar-refractivity contribution in [2.75, 3.05) is 18.5 Å². The first-order chi connectivity index (χ1) is 14.6. The highest BCUT2D eigenvalue weighted by Gasteiger charge is 2.32. The lowest BCUT2D eigenvalue weighted by molar-refractivity contribution is -0.387. The van der Waals surface area contributed by atoms with E-state index in [-0.39, 0.29) is 21.2 Å². The summed E-state index contributed by atoms with van der Waals surface area (Å²) >= 11 is 0.806. The number of hydrogen-bond donors (Lipinski definition) is 1. The van der Waals surface area contributed by atoms with Crippen molar-refractivity contribution in [3.8, 4) is 12.3 Å². The van der Waals surface area contributed by atoms with Gasteiger partial charge in [0.05, 0.1) is 15.5 Å². The minimum atomic E-state index is -4.62. The monoisotopic (exact) mass is 452 g/mol. The largest absolute Gasteiger partial charge is 0.433 e. The van der Waals surface area contributed by atoms with Gasteiger partial charge in [-0.1, -0.05) is 11.8 Å². The number of halogens is 3. The van der Waals surface area contributed by atoms with E-state index >= 15 is 0 Å². The molecule has 11 heteroatoms. The Morgan fingerprint density at radius 1 is 1.32 bits per heavy atom. The number of hydrogen-bond acceptors (Lipinski definition) is 5. The van der Waals surface area contributed by atoms with Crippen molar-refractivity contribution in [1.29, 1.82) is 0 Å². The lowest BCUT2D eigenvalue weighted by Gasteiger charge is -2.18. The van der Waals surface area contributed by atoms with Crippen LogP contribution >= 0.6 is 11.8 Å². The van der Waals surface area contributed by atoms with Crippen LogP contribution in [0.5, 0.6) is 0 Å². The van der Waals surface area contributed by atoms with E-state index in [0.29, 0.717) is 19.4 Å². The molecule has 1 aromatic heterocycles. The molecule has 1 aromatic carbocycles. The number of pyridine rings is 1. The molecular weight excluding hydrogens is 433 g/mol. The molecule has 0 saturated heterocycles. The quantitative estimate of drug-likeness (QED) is 0.260. The number of urea groups is 1. The molecule has 1 N–H and O–H groups in total. The zero-order valence-electron chi connectivity index (χ0n) is 16.5. The number of carbonyl (C=O) groups is 1. The molecule has 2 aromatic rings. The van der Waals surface area contributed by atoms with Crippen molar-refractivity contribution in [1.82, 2.24) is 10.3 Å². The summed E-state index contributed by atoms with van der Waals surface area (Å²) in [4.78, 5) is 27.9. The van der Waals surface area contributed by atoms with Gasteiger partial charge in [-0.25, -0.2) is 4.79 Å². The number of nitro benzene ring substituents is 1. The van der Waals surface area contributed by atoms with Crippen LogP contribution in [0.2, 0.25) is 0 Å². The van der Waals surface area contributed by atoms with E-state index < -0.39 is 22.8 Å². The summed E-state index contributed by atoms with van der Waals surface area (Å²) in [5.41, 5.74) is -1.15. The van der Waals surface area contributed by atoms with Crippen LogP contribution in [0.4, 0.5) is 29.3 Å². The summed E-state index contributed by atoms with van der Waals surface area (Å²) in [6, 6.07) is 5.78. The normalized spacial score (nSPS) is 10.9. The molecule has 0 saturated carbocycles. The van der Waals surface area contributed by atoms with Gasteiger partial charge in [-0.3, -0.25) is 20.0 Å². The second-order valence-electron chi connectivity index (χ2n) is 6.34. The molecule has 0 fully saturated rings. The maximum atomic E-state index is 12.8. The molecule has 164 valence electrons. The molecular formula is C20H19F3N4O3S. The van der Waals surface area contributed by atoms with Gasteiger partial charge in [0, 0.05) is 37.2 Å². The number of benzene rings is 1. The van der Waals surface area contributed by atoms with Gasteiger partial charge in [-0.05, 0) is 37.1 Å². The fraction of sp³-hybridized carbons (Fsp3) is 0.300. The van der Waals surface area contributed by atoms with Gasteiger partial charge in [-0.2, -0.15) is 13.2 Å². The Morgan fingerprint density at radius 2 is 2.06 bits per heavy atom. The number of alkyl halides is 3. The molecule has 0 aliphatic carbocycles. The maximum absolute atomic E-state index is 12.8. The third kappa shape index (κ3) is 6.89. The van der Waals surface area contributed by atoms with Gasteiger partial charge in [0.15, 0.2) is 0 Å². The van der Waals surface area contributed by atoms with Crippen molar-refractivity contribution in [2.45, 2.75) is 35.2 Å². The number of amides is 2. The average molecular weight is 452 g/mol. The Kier molecular flexibility index (Phi) is 8.27. The fourth-order valence-corrected chi connectivity index (χ4v) is 3.41. The molecule has 2 rings (SSSR count). The molecule has 0 aliphatic heterocycles. The SMILES string of the molecule is C#CCCCCNC(=O)N(C)c1ccc(Sc2ccnc(C(F)(F)F)c2)c([N+](=O)[O-])c1. The Hall–Kier alpha value is -3.26. The second-order valence-corrected chi connectivity index (χ2v) is 7.45. The number of aromatic nitrogens is 1. The highest BCUT2D eigenvalue weighted by molar-refractivity contribution is 7.99. The topological polar surface area (TPSA) is 88.4 Å². The van der Waals surface area contributed by atoms with E-state index in [2.05, 4.69) is 16.2 Å². The zero-order valence-corrected chi connectivity index (χ0v) is 17.3. The molecule has 0 bridgehead atoms. The Labute approximate surface area is 181 Å². The Bertz CT molecular complexity index is 992. The van der Waals surface area contributed by atoms with Gasteiger partial charge < -0.3 is 5.32 Å². The standard InChI is InChI=1S/C20H19F3N4O3S/c1-3-4-5-6-10-25-19(28)26(2)14-7-8-17(16(12-14)27(29)30)31-15-9-11-24-18(13-15)20(21,22)23/h1,7-9,11-13H,4-6,10H2,2H3,(H,25,28). The number of carbonyl (C=O) groups excluding carboxylic acids is 1. The lowest BCUT2D eigenvalue weighted by Crippen LogP contribution is -2.37. The first-order valence-corrected chi connectivity index (χ1v) is 9.89. The Morgan fingerprint density at radius 3 is 2.71 bits per heavy atom. The molecule has 2 amide bonds. The summed E-state index contributed by atoms with van der Waals surface area (Å²) < 4.78 is 38.5. The van der Waals surface area contributed by atoms with E-state index in [1.807, 2.05) is 0 Å². The van der Waals surface area contributed by atoms with Crippen LogP contribution in [-0.2, 0) is 6.18 Å². The molecule has 0 unspecified atom stereocenters. The summed E-state index contributed by atoms with van der Waals surface area (Å²) in [6.07, 6.45) is 3.61. The minimum absolute atomic E-state index is 0.135. The second kappa shape index (κ2) is 10.7. The molecule has 1 heterocycles. The summed E-state index contributed by atoms with van der Waals surface area (Å²) in [5.74, 6) is 2.51. The van der Waals surface area contributed by atoms with Crippen molar-refractivity contribution < 1.29 is 22.9 Å². The molecule has 0 spiro atoms. The van der Waals surface area contributed by atoms with Crippen molar-refractivity contribution in [3.05, 3.63) is 52.3 Å². The molecule has 0 radical (unpaired) electrons. The minimum Gasteiger partial charge on any atom is -0.338 e. The third-order valence-electron chi connectivity index (χ3n) is 4.10. The van der Waals surface area contributed by atoms with Crippen LogP contribution in [0.1, 0.15) is 25.0 Å². The number of rotatable bonds is 8. The summed E-state index contributed by atoms with van der Waals surface area (Å²) in [6.45, 7) is 0.407. The van der Waals surface area contributed by atoms with E-state index in [1.54, 1.807) is 0 Å². The van der Waals surface area contributed by atoms with E-state index in [1.165, 1.54) is 36.2 Å². The van der Waals surface area contributed by atoms with E-state index in [9.17, 15) is 28.1 Å². The van der Waals surface area contributed by atoms with Crippen LogP contribution in [-0.4, -0.2) is 29.5 Å². The zero-order chi connectivity index (χ0) is 23.0. The first-order valence-electron chi connectivity index (χ1n) is 9.08. The highest BCUT2D eigenvalue weighted by atomic mass is 32.2. The van der Waals surface area contributed by atoms with Gasteiger partial charge in [0.25, 0.3) is 5.69 Å². The van der Waals surface area contributed by atoms with Crippen molar-refractivity contribution >= 4 is 29.2 Å². The van der Waals surface area contributed by atoms with Crippen molar-refractivity contribution in [3.63, 3.8) is 0 Å². The Balaban J connectivity index is 2.17. The van der Waals surface area contributed by atoms with Crippen LogP contribution in [0.3, 0.4) is 0 Å². The van der Waals surface area contributed by atoms with E-state index in [0.717, 1.165) is 30.4 Å². The number of terminal acetylenes is 1. The lowest BCUT2D eigenvalue weighted by atomic mass is 10.2.